The fourth-order valence-corrected chi connectivity index (χ4v) is 1.65. The molecule has 0 amide bonds. The Morgan fingerprint density at radius 2 is 2.06 bits per heavy atom. The normalized spacial score (nSPS) is 10.5. The molecule has 5 nitrogen and oxygen atoms in total. The van der Waals surface area contributed by atoms with Gasteiger partial charge in [-0.2, -0.15) is 0 Å². The number of rotatable bonds is 3. The molecule has 6 heteroatoms. The van der Waals surface area contributed by atoms with Gasteiger partial charge >= 0.3 is 6.01 Å². The highest BCUT2D eigenvalue weighted by Gasteiger charge is 2.10. The molecule has 18 heavy (non-hydrogen) atoms. The van der Waals surface area contributed by atoms with Crippen LogP contribution in [0.1, 0.15) is 0 Å². The Morgan fingerprint density at radius 1 is 1.11 bits per heavy atom. The average molecular weight is 262 g/mol. The van der Waals surface area contributed by atoms with E-state index in [0.29, 0.717) is 16.7 Å². The molecule has 0 bridgehead atoms. The first-order chi connectivity index (χ1) is 8.81. The predicted octanol–water partition coefficient (Wildman–Crippen LogP) is 3.73. The second-order valence-electron chi connectivity index (χ2n) is 3.53. The van der Waals surface area contributed by atoms with E-state index in [1.165, 1.54) is 0 Å². The van der Waals surface area contributed by atoms with Crippen LogP contribution >= 0.6 is 11.6 Å². The summed E-state index contributed by atoms with van der Waals surface area (Å²) < 4.78 is 10.6. The maximum atomic E-state index is 5.88. The molecule has 3 rings (SSSR count). The summed E-state index contributed by atoms with van der Waals surface area (Å²) in [4.78, 5) is 0. The van der Waals surface area contributed by atoms with Gasteiger partial charge in [-0.05, 0) is 30.3 Å². The summed E-state index contributed by atoms with van der Waals surface area (Å²) in [5.41, 5.74) is 0.775. The van der Waals surface area contributed by atoms with Gasteiger partial charge in [0, 0.05) is 10.7 Å². The van der Waals surface area contributed by atoms with Crippen LogP contribution in [0, 0.1) is 0 Å². The summed E-state index contributed by atoms with van der Waals surface area (Å²) >= 11 is 5.88. The molecule has 0 spiro atoms. The van der Waals surface area contributed by atoms with Crippen molar-refractivity contribution in [1.29, 1.82) is 0 Å². The van der Waals surface area contributed by atoms with Gasteiger partial charge in [0.2, 0.25) is 0 Å². The average Bonchev–Trinajstić information content (AvgIpc) is 2.98. The number of benzene rings is 1. The minimum Gasteiger partial charge on any atom is -0.459 e. The second kappa shape index (κ2) is 4.54. The first kappa shape index (κ1) is 10.9. The van der Waals surface area contributed by atoms with Gasteiger partial charge in [0.15, 0.2) is 5.76 Å². The van der Waals surface area contributed by atoms with Crippen LogP contribution in [0.15, 0.2) is 51.5 Å². The van der Waals surface area contributed by atoms with Crippen LogP contribution in [0.2, 0.25) is 5.02 Å². The predicted molar refractivity (Wildman–Crippen MR) is 66.7 cm³/mol. The van der Waals surface area contributed by atoms with Crippen LogP contribution < -0.4 is 5.32 Å². The summed E-state index contributed by atoms with van der Waals surface area (Å²) in [6, 6.07) is 11.0. The van der Waals surface area contributed by atoms with Gasteiger partial charge in [-0.25, -0.2) is 0 Å². The lowest BCUT2D eigenvalue weighted by molar-refractivity contribution is 0.524. The molecule has 1 N–H and O–H groups in total. The standard InChI is InChI=1S/C12H8ClN3O2/c13-8-3-1-4-9(7-8)14-12-16-15-11(18-12)10-5-2-6-17-10/h1-7H,(H,14,16). The number of furan rings is 1. The minimum absolute atomic E-state index is 0.281. The van der Waals surface area contributed by atoms with Crippen molar-refractivity contribution < 1.29 is 8.83 Å². The highest BCUT2D eigenvalue weighted by molar-refractivity contribution is 6.30. The number of anilines is 2. The molecule has 0 saturated heterocycles. The number of aromatic nitrogens is 2. The monoisotopic (exact) mass is 261 g/mol. The van der Waals surface area contributed by atoms with E-state index in [-0.39, 0.29) is 6.01 Å². The van der Waals surface area contributed by atoms with Crippen LogP contribution in [0.5, 0.6) is 0 Å². The van der Waals surface area contributed by atoms with Crippen molar-refractivity contribution in [3.8, 4) is 11.7 Å². The SMILES string of the molecule is Clc1cccc(Nc2nnc(-c3ccco3)o2)c1. The van der Waals surface area contributed by atoms with E-state index in [2.05, 4.69) is 15.5 Å². The zero-order chi connectivity index (χ0) is 12.4. The Bertz CT molecular complexity index is 649. The number of nitrogens with zero attached hydrogens (tertiary/aromatic N) is 2. The van der Waals surface area contributed by atoms with Gasteiger partial charge in [-0.3, -0.25) is 0 Å². The first-order valence-electron chi connectivity index (χ1n) is 5.21. The van der Waals surface area contributed by atoms with Crippen LogP contribution in [0.3, 0.4) is 0 Å². The maximum Gasteiger partial charge on any atom is 0.320 e. The van der Waals surface area contributed by atoms with Gasteiger partial charge in [-0.1, -0.05) is 22.8 Å². The molecule has 3 aromatic rings. The van der Waals surface area contributed by atoms with E-state index in [9.17, 15) is 0 Å². The van der Waals surface area contributed by atoms with E-state index < -0.39 is 0 Å². The largest absolute Gasteiger partial charge is 0.459 e. The van der Waals surface area contributed by atoms with Crippen molar-refractivity contribution in [2.24, 2.45) is 0 Å². The summed E-state index contributed by atoms with van der Waals surface area (Å²) in [5.74, 6) is 0.853. The molecule has 0 aliphatic rings. The Hall–Kier alpha value is -2.27. The van der Waals surface area contributed by atoms with E-state index >= 15 is 0 Å². The molecule has 2 heterocycles. The van der Waals surface area contributed by atoms with Gasteiger partial charge in [0.05, 0.1) is 6.26 Å². The van der Waals surface area contributed by atoms with E-state index in [1.54, 1.807) is 30.5 Å². The molecule has 90 valence electrons. The maximum absolute atomic E-state index is 5.88. The van der Waals surface area contributed by atoms with Gasteiger partial charge in [0.1, 0.15) is 0 Å². The van der Waals surface area contributed by atoms with Gasteiger partial charge in [-0.15, -0.1) is 5.10 Å². The molecular weight excluding hydrogens is 254 g/mol. The Morgan fingerprint density at radius 3 is 2.83 bits per heavy atom. The molecule has 0 fully saturated rings. The van der Waals surface area contributed by atoms with E-state index in [0.717, 1.165) is 5.69 Å². The topological polar surface area (TPSA) is 64.1 Å². The Kier molecular flexibility index (Phi) is 2.74. The van der Waals surface area contributed by atoms with Crippen molar-refractivity contribution in [2.45, 2.75) is 0 Å². The third-order valence-electron chi connectivity index (χ3n) is 2.23. The van der Waals surface area contributed by atoms with Crippen molar-refractivity contribution in [2.75, 3.05) is 5.32 Å². The zero-order valence-corrected chi connectivity index (χ0v) is 9.89. The molecular formula is C12H8ClN3O2. The highest BCUT2D eigenvalue weighted by Crippen LogP contribution is 2.23. The van der Waals surface area contributed by atoms with Crippen LogP contribution in [-0.4, -0.2) is 10.2 Å². The molecule has 0 aliphatic heterocycles. The summed E-state index contributed by atoms with van der Waals surface area (Å²) in [7, 11) is 0. The first-order valence-corrected chi connectivity index (χ1v) is 5.59. The molecule has 1 aromatic carbocycles. The number of hydrogen-bond donors (Lipinski definition) is 1. The Labute approximate surface area is 107 Å². The van der Waals surface area contributed by atoms with Crippen LogP contribution in [0.25, 0.3) is 11.7 Å². The summed E-state index contributed by atoms with van der Waals surface area (Å²) in [6.07, 6.45) is 1.55. The molecule has 0 aliphatic carbocycles. The van der Waals surface area contributed by atoms with Crippen molar-refractivity contribution in [3.05, 3.63) is 47.7 Å². The fraction of sp³-hybridized carbons (Fsp3) is 0. The third-order valence-corrected chi connectivity index (χ3v) is 2.47. The fourth-order valence-electron chi connectivity index (χ4n) is 1.46. The lowest BCUT2D eigenvalue weighted by Gasteiger charge is -2.00. The minimum atomic E-state index is 0.281. The number of nitrogens with one attached hydrogen (secondary N) is 1. The summed E-state index contributed by atoms with van der Waals surface area (Å²) in [6.45, 7) is 0. The lowest BCUT2D eigenvalue weighted by atomic mass is 10.3. The van der Waals surface area contributed by atoms with Crippen molar-refractivity contribution >= 4 is 23.3 Å². The molecule has 0 atom stereocenters. The zero-order valence-electron chi connectivity index (χ0n) is 9.13. The Balaban J connectivity index is 1.82. The quantitative estimate of drug-likeness (QED) is 0.778. The number of halogens is 1. The van der Waals surface area contributed by atoms with Crippen LogP contribution in [0.4, 0.5) is 11.7 Å². The molecule has 2 aromatic heterocycles. The van der Waals surface area contributed by atoms with Crippen molar-refractivity contribution in [1.82, 2.24) is 10.2 Å². The van der Waals surface area contributed by atoms with E-state index in [4.69, 9.17) is 20.4 Å². The van der Waals surface area contributed by atoms with Gasteiger partial charge in [0.25, 0.3) is 5.89 Å². The summed E-state index contributed by atoms with van der Waals surface area (Å²) in [5, 5.41) is 11.3. The van der Waals surface area contributed by atoms with Gasteiger partial charge < -0.3 is 14.2 Å². The molecule has 0 radical (unpaired) electrons. The number of hydrogen-bond acceptors (Lipinski definition) is 5. The van der Waals surface area contributed by atoms with E-state index in [1.807, 2.05) is 12.1 Å². The van der Waals surface area contributed by atoms with Crippen LogP contribution in [-0.2, 0) is 0 Å². The lowest BCUT2D eigenvalue weighted by Crippen LogP contribution is -1.89. The van der Waals surface area contributed by atoms with Crippen molar-refractivity contribution in [3.63, 3.8) is 0 Å². The highest BCUT2D eigenvalue weighted by atomic mass is 35.5. The third kappa shape index (κ3) is 2.21. The molecule has 0 saturated carbocycles. The smallest absolute Gasteiger partial charge is 0.320 e. The second-order valence-corrected chi connectivity index (χ2v) is 3.96. The molecule has 0 unspecified atom stereocenters.